The zero-order valence-corrected chi connectivity index (χ0v) is 10.3. The van der Waals surface area contributed by atoms with Crippen LogP contribution in [0.5, 0.6) is 0 Å². The summed E-state index contributed by atoms with van der Waals surface area (Å²) in [5, 5.41) is 0.760. The fraction of sp³-hybridized carbons (Fsp3) is 0.200. The van der Waals surface area contributed by atoms with E-state index in [1.165, 1.54) is 11.1 Å². The van der Waals surface area contributed by atoms with Gasteiger partial charge < -0.3 is 4.74 Å². The highest BCUT2D eigenvalue weighted by Gasteiger charge is 2.54. The number of hydrogen-bond acceptors (Lipinski definition) is 1. The Morgan fingerprint density at radius 1 is 1.00 bits per heavy atom. The average molecular weight is 245 g/mol. The first-order valence-corrected chi connectivity index (χ1v) is 6.07. The minimum Gasteiger partial charge on any atom is -0.356 e. The summed E-state index contributed by atoms with van der Waals surface area (Å²) in [5.41, 5.74) is 2.22. The summed E-state index contributed by atoms with van der Waals surface area (Å²) in [6, 6.07) is 18.2. The van der Waals surface area contributed by atoms with Gasteiger partial charge in [-0.2, -0.15) is 0 Å². The molecule has 0 spiro atoms. The minimum absolute atomic E-state index is 0.141. The summed E-state index contributed by atoms with van der Waals surface area (Å²) in [6.07, 6.45) is 0.141. The number of ether oxygens (including phenoxy) is 1. The average Bonchev–Trinajstić information content (AvgIpc) is 3.05. The standard InChI is InChI=1S/C15H13ClO/c1-15(12-5-3-2-4-6-12)14(17-15)11-7-9-13(16)10-8-11/h2-10,14H,1H3/t14-,15?/m1/s1. The Kier molecular flexibility index (Phi) is 2.46. The van der Waals surface area contributed by atoms with Gasteiger partial charge in [0.1, 0.15) is 11.7 Å². The summed E-state index contributed by atoms with van der Waals surface area (Å²) in [6.45, 7) is 2.13. The van der Waals surface area contributed by atoms with E-state index in [0.717, 1.165) is 5.02 Å². The van der Waals surface area contributed by atoms with Crippen molar-refractivity contribution in [2.45, 2.75) is 18.6 Å². The Balaban J connectivity index is 1.88. The Morgan fingerprint density at radius 2 is 1.65 bits per heavy atom. The second kappa shape index (κ2) is 3.86. The van der Waals surface area contributed by atoms with Crippen LogP contribution in [0, 0.1) is 0 Å². The molecular formula is C15H13ClO. The first-order chi connectivity index (χ1) is 8.20. The lowest BCUT2D eigenvalue weighted by Gasteiger charge is -2.06. The second-order valence-corrected chi connectivity index (χ2v) is 4.96. The zero-order chi connectivity index (χ0) is 11.9. The highest BCUT2D eigenvalue weighted by molar-refractivity contribution is 6.30. The first kappa shape index (κ1) is 10.8. The van der Waals surface area contributed by atoms with Crippen molar-refractivity contribution >= 4 is 11.6 Å². The molecule has 0 aromatic heterocycles. The molecule has 1 nitrogen and oxygen atoms in total. The molecule has 0 amide bonds. The maximum Gasteiger partial charge on any atom is 0.122 e. The monoisotopic (exact) mass is 244 g/mol. The predicted molar refractivity (Wildman–Crippen MR) is 69.1 cm³/mol. The van der Waals surface area contributed by atoms with Gasteiger partial charge in [-0.15, -0.1) is 0 Å². The summed E-state index contributed by atoms with van der Waals surface area (Å²) in [4.78, 5) is 0. The molecule has 0 radical (unpaired) electrons. The van der Waals surface area contributed by atoms with Crippen LogP contribution in [0.3, 0.4) is 0 Å². The Morgan fingerprint density at radius 3 is 2.29 bits per heavy atom. The highest BCUT2D eigenvalue weighted by Crippen LogP contribution is 2.56. The van der Waals surface area contributed by atoms with Crippen molar-refractivity contribution in [2.24, 2.45) is 0 Å². The molecule has 1 fully saturated rings. The summed E-state index contributed by atoms with van der Waals surface area (Å²) < 4.78 is 5.87. The van der Waals surface area contributed by atoms with Gasteiger partial charge in [0.15, 0.2) is 0 Å². The lowest BCUT2D eigenvalue weighted by molar-refractivity contribution is 0.313. The van der Waals surface area contributed by atoms with Gasteiger partial charge in [-0.3, -0.25) is 0 Å². The van der Waals surface area contributed by atoms with E-state index in [2.05, 4.69) is 19.1 Å². The third-order valence-corrected chi connectivity index (χ3v) is 3.58. The molecule has 3 rings (SSSR count). The number of rotatable bonds is 2. The maximum atomic E-state index is 5.88. The molecular weight excluding hydrogens is 232 g/mol. The molecule has 1 unspecified atom stereocenters. The van der Waals surface area contributed by atoms with Gasteiger partial charge in [-0.1, -0.05) is 54.1 Å². The third kappa shape index (κ3) is 1.86. The molecule has 0 N–H and O–H groups in total. The Bertz CT molecular complexity index is 520. The van der Waals surface area contributed by atoms with Crippen LogP contribution in [0.4, 0.5) is 0 Å². The molecule has 1 aliphatic heterocycles. The molecule has 2 heteroatoms. The van der Waals surface area contributed by atoms with Gasteiger partial charge >= 0.3 is 0 Å². The molecule has 0 aliphatic carbocycles. The van der Waals surface area contributed by atoms with Crippen molar-refractivity contribution in [3.8, 4) is 0 Å². The minimum atomic E-state index is -0.185. The van der Waals surface area contributed by atoms with Gasteiger partial charge in [-0.05, 0) is 30.2 Å². The molecule has 1 heterocycles. The molecule has 2 aromatic rings. The van der Waals surface area contributed by atoms with Crippen molar-refractivity contribution in [3.63, 3.8) is 0 Å². The van der Waals surface area contributed by atoms with E-state index in [-0.39, 0.29) is 11.7 Å². The normalized spacial score (nSPS) is 26.8. The van der Waals surface area contributed by atoms with E-state index in [1.807, 2.05) is 42.5 Å². The largest absolute Gasteiger partial charge is 0.356 e. The van der Waals surface area contributed by atoms with E-state index >= 15 is 0 Å². The summed E-state index contributed by atoms with van der Waals surface area (Å²) in [7, 11) is 0. The number of halogens is 1. The fourth-order valence-electron chi connectivity index (χ4n) is 2.22. The molecule has 2 atom stereocenters. The highest BCUT2D eigenvalue weighted by atomic mass is 35.5. The third-order valence-electron chi connectivity index (χ3n) is 3.33. The van der Waals surface area contributed by atoms with Crippen LogP contribution in [-0.2, 0) is 10.3 Å². The second-order valence-electron chi connectivity index (χ2n) is 4.52. The van der Waals surface area contributed by atoms with Gasteiger partial charge in [-0.25, -0.2) is 0 Å². The zero-order valence-electron chi connectivity index (χ0n) is 9.56. The SMILES string of the molecule is CC1(c2ccccc2)O[C@@H]1c1ccc(Cl)cc1. The van der Waals surface area contributed by atoms with Crippen molar-refractivity contribution in [3.05, 3.63) is 70.7 Å². The van der Waals surface area contributed by atoms with E-state index < -0.39 is 0 Å². The fourth-order valence-corrected chi connectivity index (χ4v) is 2.35. The van der Waals surface area contributed by atoms with E-state index in [4.69, 9.17) is 16.3 Å². The number of epoxide rings is 1. The predicted octanol–water partition coefficient (Wildman–Crippen LogP) is 4.33. The van der Waals surface area contributed by atoms with E-state index in [9.17, 15) is 0 Å². The van der Waals surface area contributed by atoms with Gasteiger partial charge in [0.05, 0.1) is 0 Å². The van der Waals surface area contributed by atoms with Crippen molar-refractivity contribution < 1.29 is 4.74 Å². The van der Waals surface area contributed by atoms with Crippen LogP contribution in [0.2, 0.25) is 5.02 Å². The van der Waals surface area contributed by atoms with Crippen LogP contribution >= 0.6 is 11.6 Å². The summed E-state index contributed by atoms with van der Waals surface area (Å²) >= 11 is 5.88. The lowest BCUT2D eigenvalue weighted by Crippen LogP contribution is -2.03. The van der Waals surface area contributed by atoms with Gasteiger partial charge in [0.2, 0.25) is 0 Å². The Hall–Kier alpha value is -1.31. The van der Waals surface area contributed by atoms with E-state index in [0.29, 0.717) is 0 Å². The quantitative estimate of drug-likeness (QED) is 0.717. The van der Waals surface area contributed by atoms with Crippen molar-refractivity contribution in [1.29, 1.82) is 0 Å². The maximum absolute atomic E-state index is 5.88. The van der Waals surface area contributed by atoms with Crippen LogP contribution in [-0.4, -0.2) is 0 Å². The molecule has 2 aromatic carbocycles. The van der Waals surface area contributed by atoms with E-state index in [1.54, 1.807) is 0 Å². The molecule has 0 saturated carbocycles. The topological polar surface area (TPSA) is 12.5 Å². The Labute approximate surface area is 106 Å². The smallest absolute Gasteiger partial charge is 0.122 e. The van der Waals surface area contributed by atoms with Crippen LogP contribution in [0.25, 0.3) is 0 Å². The van der Waals surface area contributed by atoms with Crippen molar-refractivity contribution in [1.82, 2.24) is 0 Å². The number of hydrogen-bond donors (Lipinski definition) is 0. The van der Waals surface area contributed by atoms with Crippen molar-refractivity contribution in [2.75, 3.05) is 0 Å². The van der Waals surface area contributed by atoms with Crippen LogP contribution in [0.15, 0.2) is 54.6 Å². The lowest BCUT2D eigenvalue weighted by atomic mass is 9.94. The van der Waals surface area contributed by atoms with Crippen LogP contribution in [0.1, 0.15) is 24.2 Å². The summed E-state index contributed by atoms with van der Waals surface area (Å²) in [5.74, 6) is 0. The van der Waals surface area contributed by atoms with Crippen LogP contribution < -0.4 is 0 Å². The van der Waals surface area contributed by atoms with Gasteiger partial charge in [0, 0.05) is 5.02 Å². The molecule has 1 aliphatic rings. The van der Waals surface area contributed by atoms with Gasteiger partial charge in [0.25, 0.3) is 0 Å². The first-order valence-electron chi connectivity index (χ1n) is 5.69. The molecule has 0 bridgehead atoms. The molecule has 17 heavy (non-hydrogen) atoms. The molecule has 1 saturated heterocycles. The molecule has 86 valence electrons. The number of benzene rings is 2.